The van der Waals surface area contributed by atoms with E-state index >= 15 is 0 Å². The molecular weight excluding hydrogens is 260 g/mol. The summed E-state index contributed by atoms with van der Waals surface area (Å²) in [5, 5.41) is 11.6. The first-order chi connectivity index (χ1) is 9.52. The van der Waals surface area contributed by atoms with Gasteiger partial charge in [0.1, 0.15) is 0 Å². The van der Waals surface area contributed by atoms with Crippen LogP contribution in [0.2, 0.25) is 0 Å². The van der Waals surface area contributed by atoms with Gasteiger partial charge in [0, 0.05) is 33.2 Å². The van der Waals surface area contributed by atoms with Crippen LogP contribution in [0.1, 0.15) is 32.6 Å². The Kier molecular flexibility index (Phi) is 7.36. The summed E-state index contributed by atoms with van der Waals surface area (Å²) < 4.78 is 5.03. The van der Waals surface area contributed by atoms with Crippen molar-refractivity contribution >= 4 is 12.0 Å². The Bertz CT molecular complexity index is 322. The lowest BCUT2D eigenvalue weighted by atomic mass is 9.93. The Morgan fingerprint density at radius 3 is 2.90 bits per heavy atom. The van der Waals surface area contributed by atoms with E-state index in [0.29, 0.717) is 32.0 Å². The van der Waals surface area contributed by atoms with E-state index < -0.39 is 5.97 Å². The smallest absolute Gasteiger partial charge is 0.317 e. The number of aliphatic carboxylic acids is 1. The molecule has 2 atom stereocenters. The summed E-state index contributed by atoms with van der Waals surface area (Å²) in [6.07, 6.45) is 2.80. The maximum atomic E-state index is 12.0. The minimum atomic E-state index is -0.764. The second kappa shape index (κ2) is 8.79. The lowest BCUT2D eigenvalue weighted by Gasteiger charge is -2.33. The zero-order valence-electron chi connectivity index (χ0n) is 12.4. The van der Waals surface area contributed by atoms with Crippen molar-refractivity contribution in [2.24, 2.45) is 11.8 Å². The number of likely N-dealkylation sites (tertiary alicyclic amines) is 1. The molecular formula is C14H26N2O4. The maximum absolute atomic E-state index is 12.0. The summed E-state index contributed by atoms with van der Waals surface area (Å²) in [6.45, 7) is 4.67. The van der Waals surface area contributed by atoms with E-state index in [1.807, 2.05) is 6.92 Å². The standard InChI is InChI=1S/C14H26N2O4/c1-11(10-20-2)8-15-14(19)16-7-3-4-12(9-16)5-6-13(17)18/h11-12H,3-10H2,1-2H3,(H,15,19)(H,17,18). The molecule has 2 N–H and O–H groups in total. The van der Waals surface area contributed by atoms with Crippen LogP contribution in [0.15, 0.2) is 0 Å². The van der Waals surface area contributed by atoms with Crippen molar-refractivity contribution in [3.05, 3.63) is 0 Å². The average Bonchev–Trinajstić information content (AvgIpc) is 2.43. The molecule has 0 aromatic rings. The number of rotatable bonds is 7. The van der Waals surface area contributed by atoms with Gasteiger partial charge in [-0.2, -0.15) is 0 Å². The van der Waals surface area contributed by atoms with Crippen molar-refractivity contribution in [1.82, 2.24) is 10.2 Å². The van der Waals surface area contributed by atoms with Crippen molar-refractivity contribution in [2.45, 2.75) is 32.6 Å². The normalized spacial score (nSPS) is 20.5. The zero-order chi connectivity index (χ0) is 15.0. The Hall–Kier alpha value is -1.30. The highest BCUT2D eigenvalue weighted by atomic mass is 16.5. The number of amides is 2. The summed E-state index contributed by atoms with van der Waals surface area (Å²) >= 11 is 0. The van der Waals surface area contributed by atoms with Crippen LogP contribution in [0.3, 0.4) is 0 Å². The van der Waals surface area contributed by atoms with E-state index in [4.69, 9.17) is 9.84 Å². The number of piperidine rings is 1. The van der Waals surface area contributed by atoms with Crippen LogP contribution in [0.5, 0.6) is 0 Å². The van der Waals surface area contributed by atoms with Crippen LogP contribution >= 0.6 is 0 Å². The third kappa shape index (κ3) is 6.23. The lowest BCUT2D eigenvalue weighted by Crippen LogP contribution is -2.46. The third-order valence-corrected chi connectivity index (χ3v) is 3.63. The fourth-order valence-corrected chi connectivity index (χ4v) is 2.53. The van der Waals surface area contributed by atoms with Crippen LogP contribution in [0.25, 0.3) is 0 Å². The number of carboxylic acid groups (broad SMARTS) is 1. The largest absolute Gasteiger partial charge is 0.481 e. The van der Waals surface area contributed by atoms with Gasteiger partial charge in [-0.05, 0) is 31.1 Å². The first-order valence-corrected chi connectivity index (χ1v) is 7.26. The van der Waals surface area contributed by atoms with Crippen molar-refractivity contribution in [1.29, 1.82) is 0 Å². The van der Waals surface area contributed by atoms with Gasteiger partial charge < -0.3 is 20.1 Å². The summed E-state index contributed by atoms with van der Waals surface area (Å²) in [7, 11) is 1.65. The van der Waals surface area contributed by atoms with Gasteiger partial charge in [0.15, 0.2) is 0 Å². The predicted molar refractivity (Wildman–Crippen MR) is 75.6 cm³/mol. The van der Waals surface area contributed by atoms with Crippen LogP contribution in [-0.4, -0.2) is 55.4 Å². The summed E-state index contributed by atoms with van der Waals surface area (Å²) in [5.74, 6) is -0.168. The van der Waals surface area contributed by atoms with E-state index in [0.717, 1.165) is 19.4 Å². The van der Waals surface area contributed by atoms with Crippen molar-refractivity contribution < 1.29 is 19.4 Å². The molecule has 1 fully saturated rings. The Morgan fingerprint density at radius 2 is 2.25 bits per heavy atom. The van der Waals surface area contributed by atoms with Crippen LogP contribution < -0.4 is 5.32 Å². The molecule has 1 aliphatic rings. The first kappa shape index (κ1) is 16.8. The first-order valence-electron chi connectivity index (χ1n) is 7.26. The minimum absolute atomic E-state index is 0.0482. The van der Waals surface area contributed by atoms with Gasteiger partial charge in [-0.15, -0.1) is 0 Å². The van der Waals surface area contributed by atoms with Gasteiger partial charge in [0.25, 0.3) is 0 Å². The molecule has 0 aromatic carbocycles. The number of hydrogen-bond acceptors (Lipinski definition) is 3. The number of methoxy groups -OCH3 is 1. The van der Waals surface area contributed by atoms with Gasteiger partial charge in [-0.3, -0.25) is 4.79 Å². The summed E-state index contributed by atoms with van der Waals surface area (Å²) in [5.41, 5.74) is 0. The van der Waals surface area contributed by atoms with Crippen LogP contribution in [0.4, 0.5) is 4.79 Å². The number of ether oxygens (including phenoxy) is 1. The molecule has 0 aromatic heterocycles. The van der Waals surface area contributed by atoms with Gasteiger partial charge >= 0.3 is 12.0 Å². The molecule has 1 aliphatic heterocycles. The number of hydrogen-bond donors (Lipinski definition) is 2. The molecule has 6 heteroatoms. The van der Waals surface area contributed by atoms with Gasteiger partial charge in [0.2, 0.25) is 0 Å². The maximum Gasteiger partial charge on any atom is 0.317 e. The van der Waals surface area contributed by atoms with Gasteiger partial charge in [0.05, 0.1) is 6.61 Å². The topological polar surface area (TPSA) is 78.9 Å². The molecule has 0 saturated carbocycles. The summed E-state index contributed by atoms with van der Waals surface area (Å²) in [4.78, 5) is 24.4. The van der Waals surface area contributed by atoms with Gasteiger partial charge in [-0.25, -0.2) is 4.79 Å². The number of carboxylic acids is 1. The molecule has 0 bridgehead atoms. The van der Waals surface area contributed by atoms with Crippen molar-refractivity contribution in [3.8, 4) is 0 Å². The second-order valence-electron chi connectivity index (χ2n) is 5.63. The molecule has 1 heterocycles. The Morgan fingerprint density at radius 1 is 1.50 bits per heavy atom. The number of nitrogens with one attached hydrogen (secondary N) is 1. The molecule has 1 saturated heterocycles. The SMILES string of the molecule is COCC(C)CNC(=O)N1CCCC(CCC(=O)O)C1. The second-order valence-corrected chi connectivity index (χ2v) is 5.63. The molecule has 116 valence electrons. The van der Waals surface area contributed by atoms with E-state index in [1.165, 1.54) is 0 Å². The molecule has 0 radical (unpaired) electrons. The molecule has 2 unspecified atom stereocenters. The van der Waals surface area contributed by atoms with Crippen molar-refractivity contribution in [3.63, 3.8) is 0 Å². The third-order valence-electron chi connectivity index (χ3n) is 3.63. The van der Waals surface area contributed by atoms with E-state index in [9.17, 15) is 9.59 Å². The van der Waals surface area contributed by atoms with E-state index in [-0.39, 0.29) is 18.4 Å². The lowest BCUT2D eigenvalue weighted by molar-refractivity contribution is -0.137. The monoisotopic (exact) mass is 286 g/mol. The fourth-order valence-electron chi connectivity index (χ4n) is 2.53. The highest BCUT2D eigenvalue weighted by Crippen LogP contribution is 2.20. The van der Waals surface area contributed by atoms with E-state index in [1.54, 1.807) is 12.0 Å². The molecule has 2 amide bonds. The number of nitrogens with zero attached hydrogens (tertiary/aromatic N) is 1. The number of carbonyl (C=O) groups is 2. The summed E-state index contributed by atoms with van der Waals surface area (Å²) in [6, 6.07) is -0.0482. The van der Waals surface area contributed by atoms with Crippen LogP contribution in [-0.2, 0) is 9.53 Å². The molecule has 0 spiro atoms. The van der Waals surface area contributed by atoms with E-state index in [2.05, 4.69) is 5.32 Å². The minimum Gasteiger partial charge on any atom is -0.481 e. The zero-order valence-corrected chi connectivity index (χ0v) is 12.4. The molecule has 0 aliphatic carbocycles. The average molecular weight is 286 g/mol. The Labute approximate surface area is 120 Å². The van der Waals surface area contributed by atoms with Gasteiger partial charge in [-0.1, -0.05) is 6.92 Å². The number of carbonyl (C=O) groups excluding carboxylic acids is 1. The highest BCUT2D eigenvalue weighted by Gasteiger charge is 2.24. The molecule has 1 rings (SSSR count). The molecule has 6 nitrogen and oxygen atoms in total. The van der Waals surface area contributed by atoms with Crippen molar-refractivity contribution in [2.75, 3.05) is 33.4 Å². The predicted octanol–water partition coefficient (Wildman–Crippen LogP) is 1.56. The highest BCUT2D eigenvalue weighted by molar-refractivity contribution is 5.74. The molecule has 20 heavy (non-hydrogen) atoms. The quantitative estimate of drug-likeness (QED) is 0.744. The number of urea groups is 1. The van der Waals surface area contributed by atoms with Crippen LogP contribution in [0, 0.1) is 11.8 Å². The fraction of sp³-hybridized carbons (Fsp3) is 0.857. The Balaban J connectivity index is 2.30.